The molecule has 2 fully saturated rings. The lowest BCUT2D eigenvalue weighted by molar-refractivity contribution is -0.136. The highest BCUT2D eigenvalue weighted by atomic mass is 32.1. The highest BCUT2D eigenvalue weighted by Gasteiger charge is 2.45. The van der Waals surface area contributed by atoms with Crippen LogP contribution in [0.3, 0.4) is 0 Å². The van der Waals surface area contributed by atoms with Gasteiger partial charge in [-0.2, -0.15) is 9.61 Å². The average Bonchev–Trinajstić information content (AvgIpc) is 3.99. The molecule has 3 aliphatic heterocycles. The van der Waals surface area contributed by atoms with Crippen molar-refractivity contribution in [3.8, 4) is 0 Å². The Kier molecular flexibility index (Phi) is 12.3. The molecule has 0 aliphatic carbocycles. The van der Waals surface area contributed by atoms with Crippen LogP contribution in [0.4, 0.5) is 32.9 Å². The molecule has 19 heteroatoms. The number of thiazole rings is 1. The van der Waals surface area contributed by atoms with E-state index in [0.717, 1.165) is 56.8 Å². The van der Waals surface area contributed by atoms with Gasteiger partial charge in [0.2, 0.25) is 11.8 Å². The largest absolute Gasteiger partial charge is 0.394 e. The summed E-state index contributed by atoms with van der Waals surface area (Å²) in [7, 11) is 0. The average molecular weight is 863 g/mol. The van der Waals surface area contributed by atoms with Crippen molar-refractivity contribution in [2.45, 2.75) is 90.0 Å². The van der Waals surface area contributed by atoms with Crippen LogP contribution in [-0.4, -0.2) is 97.1 Å². The van der Waals surface area contributed by atoms with E-state index in [1.807, 2.05) is 43.5 Å². The van der Waals surface area contributed by atoms with Crippen LogP contribution in [0, 0.1) is 0 Å². The molecule has 2 aromatic carbocycles. The summed E-state index contributed by atoms with van der Waals surface area (Å²) in [6, 6.07) is 13.1. The molecule has 6 amide bonds. The van der Waals surface area contributed by atoms with Crippen LogP contribution < -0.4 is 36.8 Å². The summed E-state index contributed by atoms with van der Waals surface area (Å²) in [5, 5.41) is 33.6. The van der Waals surface area contributed by atoms with Crippen molar-refractivity contribution in [3.63, 3.8) is 0 Å². The molecule has 6 heterocycles. The second-order valence-corrected chi connectivity index (χ2v) is 17.1. The Labute approximate surface area is 361 Å². The zero-order valence-corrected chi connectivity index (χ0v) is 35.6. The lowest BCUT2D eigenvalue weighted by atomic mass is 10.0. The first-order chi connectivity index (χ1) is 30.0. The van der Waals surface area contributed by atoms with Crippen LogP contribution in [-0.2, 0) is 22.7 Å². The molecule has 5 aromatic rings. The second kappa shape index (κ2) is 18.2. The number of benzene rings is 2. The van der Waals surface area contributed by atoms with Gasteiger partial charge in [0.05, 0.1) is 36.5 Å². The quantitative estimate of drug-likeness (QED) is 0.0696. The van der Waals surface area contributed by atoms with Crippen LogP contribution in [0.2, 0.25) is 0 Å². The number of urea groups is 1. The first kappa shape index (κ1) is 42.1. The van der Waals surface area contributed by atoms with Crippen molar-refractivity contribution in [3.05, 3.63) is 88.1 Å². The van der Waals surface area contributed by atoms with E-state index in [1.54, 1.807) is 28.9 Å². The number of aromatic nitrogens is 4. The van der Waals surface area contributed by atoms with Gasteiger partial charge in [0.1, 0.15) is 17.7 Å². The maximum Gasteiger partial charge on any atom is 0.319 e. The van der Waals surface area contributed by atoms with Crippen LogP contribution >= 0.6 is 11.3 Å². The summed E-state index contributed by atoms with van der Waals surface area (Å²) in [5.41, 5.74) is 4.39. The highest BCUT2D eigenvalue weighted by Crippen LogP contribution is 2.34. The molecule has 324 valence electrons. The van der Waals surface area contributed by atoms with Gasteiger partial charge in [-0.1, -0.05) is 39.0 Å². The maximum atomic E-state index is 13.5. The summed E-state index contributed by atoms with van der Waals surface area (Å²) in [6.45, 7) is 8.54. The molecule has 2 saturated heterocycles. The minimum atomic E-state index is -1.03. The van der Waals surface area contributed by atoms with Crippen LogP contribution in [0.15, 0.2) is 60.9 Å². The molecule has 0 bridgehead atoms. The van der Waals surface area contributed by atoms with E-state index in [2.05, 4.69) is 60.7 Å². The maximum absolute atomic E-state index is 13.5. The fourth-order valence-electron chi connectivity index (χ4n) is 7.91. The highest BCUT2D eigenvalue weighted by molar-refractivity contribution is 7.15. The van der Waals surface area contributed by atoms with E-state index in [1.165, 1.54) is 11.3 Å². The van der Waals surface area contributed by atoms with Gasteiger partial charge in [0.25, 0.3) is 11.8 Å². The molecule has 0 spiro atoms. The van der Waals surface area contributed by atoms with Crippen molar-refractivity contribution in [2.24, 2.45) is 0 Å². The molecule has 1 unspecified atom stereocenters. The van der Waals surface area contributed by atoms with Gasteiger partial charge in [0, 0.05) is 66.2 Å². The van der Waals surface area contributed by atoms with Crippen molar-refractivity contribution >= 4 is 74.8 Å². The van der Waals surface area contributed by atoms with E-state index >= 15 is 0 Å². The zero-order chi connectivity index (χ0) is 43.5. The SMILES string of the molecule is CC[C@@H](CO)Nc1cc(NCc2ccc(NC(=O)NC3CCN(c4ncc(CNc5cccc6c5C(=O)N(C5CCC(=O)NC5=O)C6=O)s4)CC3)cc2)n2ncc(C(C)C)c2n1. The number of rotatable bonds is 15. The predicted molar refractivity (Wildman–Crippen MR) is 236 cm³/mol. The number of nitrogens with zero attached hydrogens (tertiary/aromatic N) is 6. The standard InChI is InChI=1S/C43H50N12O6S/c1-4-26(23-56)48-34-18-35(55-38(51-34)31(22-47-55)24(2)3)45-19-25-8-10-27(11-9-25)49-42(61)50-28-14-16-53(17-15-28)43-46-21-29(62-43)20-44-32-7-5-6-30-37(32)41(60)54(40(30)59)33-12-13-36(57)52-39(33)58/h5-11,18,21-22,24,26,28,33,44-45,56H,4,12-17,19-20,23H2,1-3H3,(H,48,51)(H2,49,50,61)(H,52,57,58)/t26-,33?/m0/s1. The number of carbonyl (C=O) groups excluding carboxylic acids is 5. The molecule has 3 aliphatic rings. The first-order valence-corrected chi connectivity index (χ1v) is 21.8. The molecular weight excluding hydrogens is 813 g/mol. The van der Waals surface area contributed by atoms with E-state index in [9.17, 15) is 29.1 Å². The van der Waals surface area contributed by atoms with E-state index < -0.39 is 29.7 Å². The molecule has 7 N–H and O–H groups in total. The summed E-state index contributed by atoms with van der Waals surface area (Å²) in [4.78, 5) is 77.4. The summed E-state index contributed by atoms with van der Waals surface area (Å²) in [6.07, 6.45) is 6.02. The lowest BCUT2D eigenvalue weighted by Crippen LogP contribution is -2.54. The Bertz CT molecular complexity index is 2490. The Balaban J connectivity index is 0.800. The number of aliphatic hydroxyl groups is 1. The monoisotopic (exact) mass is 862 g/mol. The predicted octanol–water partition coefficient (Wildman–Crippen LogP) is 4.91. The van der Waals surface area contributed by atoms with E-state index in [4.69, 9.17) is 4.98 Å². The number of hydrogen-bond donors (Lipinski definition) is 7. The number of amides is 6. The number of hydrogen-bond acceptors (Lipinski definition) is 14. The second-order valence-electron chi connectivity index (χ2n) is 16.0. The third-order valence-electron chi connectivity index (χ3n) is 11.4. The number of aliphatic hydroxyl groups excluding tert-OH is 1. The molecule has 2 atom stereocenters. The topological polar surface area (TPSA) is 227 Å². The first-order valence-electron chi connectivity index (χ1n) is 20.9. The lowest BCUT2D eigenvalue weighted by Gasteiger charge is -2.32. The molecule has 62 heavy (non-hydrogen) atoms. The van der Waals surface area contributed by atoms with Gasteiger partial charge in [-0.3, -0.25) is 29.4 Å². The fraction of sp³-hybridized carbons (Fsp3) is 0.395. The summed E-state index contributed by atoms with van der Waals surface area (Å²) < 4.78 is 1.80. The summed E-state index contributed by atoms with van der Waals surface area (Å²) >= 11 is 1.53. The van der Waals surface area contributed by atoms with Crippen molar-refractivity contribution in [1.82, 2.24) is 35.1 Å². The summed E-state index contributed by atoms with van der Waals surface area (Å²) in [5.74, 6) is -0.512. The molecule has 8 rings (SSSR count). The van der Waals surface area contributed by atoms with Crippen LogP contribution in [0.5, 0.6) is 0 Å². The van der Waals surface area contributed by atoms with Crippen LogP contribution in [0.1, 0.15) is 95.5 Å². The van der Waals surface area contributed by atoms with Gasteiger partial charge in [-0.25, -0.2) is 14.8 Å². The zero-order valence-electron chi connectivity index (χ0n) is 34.7. The Hall–Kier alpha value is -6.60. The number of fused-ring (bicyclic) bond motifs is 2. The minimum Gasteiger partial charge on any atom is -0.394 e. The van der Waals surface area contributed by atoms with E-state index in [0.29, 0.717) is 43.4 Å². The minimum absolute atomic E-state index is 0.00365. The number of imide groups is 2. The Morgan fingerprint density at radius 3 is 2.50 bits per heavy atom. The van der Waals surface area contributed by atoms with Gasteiger partial charge in [-0.15, -0.1) is 11.3 Å². The fourth-order valence-corrected chi connectivity index (χ4v) is 8.81. The normalized spacial score (nSPS) is 17.3. The van der Waals surface area contributed by atoms with Crippen molar-refractivity contribution in [2.75, 3.05) is 45.9 Å². The van der Waals surface area contributed by atoms with E-state index in [-0.39, 0.29) is 54.6 Å². The molecule has 18 nitrogen and oxygen atoms in total. The molecular formula is C43H50N12O6S. The third-order valence-corrected chi connectivity index (χ3v) is 12.5. The Morgan fingerprint density at radius 1 is 0.984 bits per heavy atom. The van der Waals surface area contributed by atoms with Gasteiger partial charge in [-0.05, 0) is 61.4 Å². The van der Waals surface area contributed by atoms with Gasteiger partial charge in [0.15, 0.2) is 10.8 Å². The van der Waals surface area contributed by atoms with Crippen LogP contribution in [0.25, 0.3) is 5.65 Å². The van der Waals surface area contributed by atoms with Crippen molar-refractivity contribution in [1.29, 1.82) is 0 Å². The molecule has 0 radical (unpaired) electrons. The third kappa shape index (κ3) is 8.89. The number of piperidine rings is 2. The number of nitrogens with one attached hydrogen (secondary N) is 6. The number of anilines is 5. The van der Waals surface area contributed by atoms with Gasteiger partial charge < -0.3 is 36.6 Å². The smallest absolute Gasteiger partial charge is 0.319 e. The number of carbonyl (C=O) groups is 5. The van der Waals surface area contributed by atoms with Crippen molar-refractivity contribution < 1.29 is 29.1 Å². The Morgan fingerprint density at radius 2 is 1.77 bits per heavy atom. The molecule has 3 aromatic heterocycles. The van der Waals surface area contributed by atoms with Gasteiger partial charge >= 0.3 is 6.03 Å². The molecule has 0 saturated carbocycles.